The lowest BCUT2D eigenvalue weighted by atomic mass is 10.2. The van der Waals surface area contributed by atoms with E-state index < -0.39 is 17.8 Å². The molecular weight excluding hydrogens is 355 g/mol. The summed E-state index contributed by atoms with van der Waals surface area (Å²) in [6.07, 6.45) is -3.55. The number of pyridine rings is 1. The van der Waals surface area contributed by atoms with Crippen LogP contribution >= 0.6 is 11.3 Å². The lowest BCUT2D eigenvalue weighted by Crippen LogP contribution is -2.52. The summed E-state index contributed by atoms with van der Waals surface area (Å²) >= 11 is 1.34. The van der Waals surface area contributed by atoms with Crippen molar-refractivity contribution in [3.63, 3.8) is 0 Å². The first-order chi connectivity index (χ1) is 11.8. The molecule has 132 valence electrons. The molecular formula is C16H14F3N3O2S. The van der Waals surface area contributed by atoms with Crippen LogP contribution in [0.2, 0.25) is 0 Å². The van der Waals surface area contributed by atoms with Gasteiger partial charge in [0.05, 0.1) is 4.88 Å². The normalized spacial score (nSPS) is 15.6. The van der Waals surface area contributed by atoms with Gasteiger partial charge in [0.2, 0.25) is 5.91 Å². The molecule has 2 amide bonds. The summed E-state index contributed by atoms with van der Waals surface area (Å²) in [4.78, 5) is 32.2. The fourth-order valence-corrected chi connectivity index (χ4v) is 3.40. The predicted molar refractivity (Wildman–Crippen MR) is 86.6 cm³/mol. The predicted octanol–water partition coefficient (Wildman–Crippen LogP) is 2.96. The number of hydrogen-bond donors (Lipinski definition) is 0. The number of carbonyl (C=O) groups is 2. The molecule has 25 heavy (non-hydrogen) atoms. The van der Waals surface area contributed by atoms with Crippen LogP contribution in [0.1, 0.15) is 20.2 Å². The van der Waals surface area contributed by atoms with Crippen molar-refractivity contribution < 1.29 is 22.8 Å². The average molecular weight is 369 g/mol. The molecule has 0 bridgehead atoms. The second-order valence-electron chi connectivity index (χ2n) is 5.58. The molecule has 2 aromatic rings. The summed E-state index contributed by atoms with van der Waals surface area (Å²) in [5, 5.41) is 0. The Balaban J connectivity index is 1.74. The van der Waals surface area contributed by atoms with E-state index in [9.17, 15) is 22.8 Å². The van der Waals surface area contributed by atoms with E-state index in [4.69, 9.17) is 0 Å². The highest BCUT2D eigenvalue weighted by atomic mass is 32.1. The number of halogens is 3. The highest BCUT2D eigenvalue weighted by molar-refractivity contribution is 7.13. The Labute approximate surface area is 145 Å². The molecule has 0 aliphatic carbocycles. The van der Waals surface area contributed by atoms with Crippen LogP contribution in [0.5, 0.6) is 0 Å². The zero-order valence-corrected chi connectivity index (χ0v) is 14.0. The Morgan fingerprint density at radius 2 is 2.00 bits per heavy atom. The maximum absolute atomic E-state index is 12.8. The van der Waals surface area contributed by atoms with Crippen LogP contribution in [0.4, 0.5) is 18.9 Å². The maximum atomic E-state index is 12.8. The van der Waals surface area contributed by atoms with Crippen LogP contribution < -0.4 is 4.90 Å². The van der Waals surface area contributed by atoms with E-state index in [1.807, 2.05) is 13.0 Å². The SMILES string of the molecule is Cc1ccc(C(=O)N2CCN(c3ccnc(C(F)(F)F)c3)C(=O)C2)s1. The van der Waals surface area contributed by atoms with Gasteiger partial charge < -0.3 is 9.80 Å². The van der Waals surface area contributed by atoms with Gasteiger partial charge in [0.15, 0.2) is 0 Å². The van der Waals surface area contributed by atoms with E-state index in [1.54, 1.807) is 6.07 Å². The Hall–Kier alpha value is -2.42. The van der Waals surface area contributed by atoms with Crippen LogP contribution in [-0.4, -0.2) is 41.3 Å². The first kappa shape index (κ1) is 17.4. The number of rotatable bonds is 2. The Kier molecular flexibility index (Phi) is 4.51. The van der Waals surface area contributed by atoms with E-state index >= 15 is 0 Å². The molecule has 0 radical (unpaired) electrons. The van der Waals surface area contributed by atoms with Gasteiger partial charge >= 0.3 is 6.18 Å². The fraction of sp³-hybridized carbons (Fsp3) is 0.312. The first-order valence-electron chi connectivity index (χ1n) is 7.45. The van der Waals surface area contributed by atoms with E-state index in [-0.39, 0.29) is 31.2 Å². The molecule has 0 aromatic carbocycles. The molecule has 0 N–H and O–H groups in total. The lowest BCUT2D eigenvalue weighted by Gasteiger charge is -2.34. The average Bonchev–Trinajstić information content (AvgIpc) is 3.00. The van der Waals surface area contributed by atoms with Crippen molar-refractivity contribution in [2.75, 3.05) is 24.5 Å². The van der Waals surface area contributed by atoms with E-state index in [0.29, 0.717) is 4.88 Å². The minimum Gasteiger partial charge on any atom is -0.327 e. The van der Waals surface area contributed by atoms with Crippen LogP contribution in [0, 0.1) is 6.92 Å². The van der Waals surface area contributed by atoms with Crippen molar-refractivity contribution in [2.45, 2.75) is 13.1 Å². The Morgan fingerprint density at radius 3 is 2.60 bits per heavy atom. The second-order valence-corrected chi connectivity index (χ2v) is 6.87. The molecule has 0 unspecified atom stereocenters. The van der Waals surface area contributed by atoms with Gasteiger partial charge in [-0.3, -0.25) is 14.6 Å². The number of aryl methyl sites for hydroxylation is 1. The van der Waals surface area contributed by atoms with Gasteiger partial charge in [-0.2, -0.15) is 13.2 Å². The standard InChI is InChI=1S/C16H14F3N3O2S/c1-10-2-3-12(25-10)15(24)21-6-7-22(14(23)9-21)11-4-5-20-13(8-11)16(17,18)19/h2-5,8H,6-7,9H2,1H3. The van der Waals surface area contributed by atoms with Gasteiger partial charge in [-0.15, -0.1) is 11.3 Å². The number of amides is 2. The summed E-state index contributed by atoms with van der Waals surface area (Å²) in [6, 6.07) is 5.73. The number of anilines is 1. The Bertz CT molecular complexity index is 819. The summed E-state index contributed by atoms with van der Waals surface area (Å²) in [5.41, 5.74) is -0.920. The maximum Gasteiger partial charge on any atom is 0.433 e. The molecule has 1 aliphatic rings. The summed E-state index contributed by atoms with van der Waals surface area (Å²) in [7, 11) is 0. The van der Waals surface area contributed by atoms with Crippen molar-refractivity contribution in [3.8, 4) is 0 Å². The number of piperazine rings is 1. The minimum absolute atomic E-state index is 0.131. The van der Waals surface area contributed by atoms with Crippen LogP contribution in [0.3, 0.4) is 0 Å². The molecule has 0 spiro atoms. The molecule has 5 nitrogen and oxygen atoms in total. The van der Waals surface area contributed by atoms with Crippen molar-refractivity contribution in [1.82, 2.24) is 9.88 Å². The number of nitrogens with zero attached hydrogens (tertiary/aromatic N) is 3. The van der Waals surface area contributed by atoms with E-state index in [2.05, 4.69) is 4.98 Å². The number of hydrogen-bond acceptors (Lipinski definition) is 4. The fourth-order valence-electron chi connectivity index (χ4n) is 2.57. The molecule has 0 atom stereocenters. The molecule has 9 heteroatoms. The smallest absolute Gasteiger partial charge is 0.327 e. The van der Waals surface area contributed by atoms with Crippen molar-refractivity contribution in [2.24, 2.45) is 0 Å². The molecule has 2 aromatic heterocycles. The van der Waals surface area contributed by atoms with Gasteiger partial charge in [0.1, 0.15) is 12.2 Å². The molecule has 1 fully saturated rings. The number of alkyl halides is 3. The van der Waals surface area contributed by atoms with Gasteiger partial charge in [0.25, 0.3) is 5.91 Å². The molecule has 1 saturated heterocycles. The quantitative estimate of drug-likeness (QED) is 0.818. The summed E-state index contributed by atoms with van der Waals surface area (Å²) < 4.78 is 38.3. The van der Waals surface area contributed by atoms with Gasteiger partial charge in [-0.05, 0) is 31.2 Å². The summed E-state index contributed by atoms with van der Waals surface area (Å²) in [5.74, 6) is -0.663. The van der Waals surface area contributed by atoms with Gasteiger partial charge in [-0.25, -0.2) is 0 Å². The van der Waals surface area contributed by atoms with Gasteiger partial charge in [-0.1, -0.05) is 0 Å². The highest BCUT2D eigenvalue weighted by Gasteiger charge is 2.34. The second kappa shape index (κ2) is 6.47. The number of thiophene rings is 1. The lowest BCUT2D eigenvalue weighted by molar-refractivity contribution is -0.141. The van der Waals surface area contributed by atoms with Crippen molar-refractivity contribution in [3.05, 3.63) is 45.9 Å². The third kappa shape index (κ3) is 3.65. The van der Waals surface area contributed by atoms with Crippen molar-refractivity contribution >= 4 is 28.8 Å². The summed E-state index contributed by atoms with van der Waals surface area (Å²) in [6.45, 7) is 2.10. The highest BCUT2D eigenvalue weighted by Crippen LogP contribution is 2.30. The van der Waals surface area contributed by atoms with Crippen molar-refractivity contribution in [1.29, 1.82) is 0 Å². The third-order valence-electron chi connectivity index (χ3n) is 3.80. The number of aromatic nitrogens is 1. The minimum atomic E-state index is -4.58. The largest absolute Gasteiger partial charge is 0.433 e. The van der Waals surface area contributed by atoms with Crippen LogP contribution in [0.15, 0.2) is 30.5 Å². The number of carbonyl (C=O) groups excluding carboxylic acids is 2. The zero-order chi connectivity index (χ0) is 18.2. The monoisotopic (exact) mass is 369 g/mol. The Morgan fingerprint density at radius 1 is 1.24 bits per heavy atom. The molecule has 0 saturated carbocycles. The van der Waals surface area contributed by atoms with E-state index in [0.717, 1.165) is 17.1 Å². The molecule has 3 heterocycles. The third-order valence-corrected chi connectivity index (χ3v) is 4.79. The first-order valence-corrected chi connectivity index (χ1v) is 8.26. The van der Waals surface area contributed by atoms with Crippen LogP contribution in [-0.2, 0) is 11.0 Å². The molecule has 3 rings (SSSR count). The zero-order valence-electron chi connectivity index (χ0n) is 13.2. The van der Waals surface area contributed by atoms with Gasteiger partial charge in [0, 0.05) is 29.9 Å². The molecule has 1 aliphatic heterocycles. The van der Waals surface area contributed by atoms with Crippen LogP contribution in [0.25, 0.3) is 0 Å². The topological polar surface area (TPSA) is 53.5 Å². The van der Waals surface area contributed by atoms with E-state index in [1.165, 1.54) is 27.2 Å².